The van der Waals surface area contributed by atoms with Gasteiger partial charge in [0.25, 0.3) is 0 Å². The van der Waals surface area contributed by atoms with Crippen LogP contribution in [0.25, 0.3) is 0 Å². The van der Waals surface area contributed by atoms with Crippen molar-refractivity contribution in [3.05, 3.63) is 82.8 Å². The van der Waals surface area contributed by atoms with Gasteiger partial charge >= 0.3 is 0 Å². The lowest BCUT2D eigenvalue weighted by Gasteiger charge is -2.11. The minimum Gasteiger partial charge on any atom is -0.506 e. The van der Waals surface area contributed by atoms with Crippen LogP contribution in [0.3, 0.4) is 0 Å². The van der Waals surface area contributed by atoms with E-state index < -0.39 is 0 Å². The van der Waals surface area contributed by atoms with E-state index in [0.717, 1.165) is 16.2 Å². The highest BCUT2D eigenvalue weighted by molar-refractivity contribution is 8.02. The summed E-state index contributed by atoms with van der Waals surface area (Å²) in [6.07, 6.45) is 5.55. The van der Waals surface area contributed by atoms with Crippen LogP contribution in [0, 0.1) is 12.3 Å². The van der Waals surface area contributed by atoms with Gasteiger partial charge in [0.1, 0.15) is 11.5 Å². The number of hydrogen-bond acceptors (Lipinski definition) is 5. The number of aromatic hydroxyl groups is 1. The third-order valence-electron chi connectivity index (χ3n) is 3.67. The second kappa shape index (κ2) is 7.85. The normalized spacial score (nSPS) is 15.3. The number of allylic oxidation sites excluding steroid dienone is 3. The van der Waals surface area contributed by atoms with Crippen molar-refractivity contribution in [2.24, 2.45) is 5.10 Å². The van der Waals surface area contributed by atoms with Crippen molar-refractivity contribution in [3.63, 3.8) is 0 Å². The van der Waals surface area contributed by atoms with Crippen molar-refractivity contribution < 1.29 is 5.11 Å². The zero-order chi connectivity index (χ0) is 17.6. The van der Waals surface area contributed by atoms with Gasteiger partial charge in [0.2, 0.25) is 0 Å². The summed E-state index contributed by atoms with van der Waals surface area (Å²) in [5.74, 6) is 1.000. The van der Waals surface area contributed by atoms with Gasteiger partial charge in [-0.05, 0) is 48.4 Å². The molecule has 0 bridgehead atoms. The van der Waals surface area contributed by atoms with Gasteiger partial charge in [-0.1, -0.05) is 36.4 Å². The van der Waals surface area contributed by atoms with Crippen LogP contribution in [-0.4, -0.2) is 16.5 Å². The van der Waals surface area contributed by atoms with E-state index in [1.165, 1.54) is 5.56 Å². The van der Waals surface area contributed by atoms with E-state index in [1.54, 1.807) is 23.9 Å². The fourth-order valence-electron chi connectivity index (χ4n) is 2.29. The Morgan fingerprint density at radius 3 is 2.72 bits per heavy atom. The number of nitrogens with one attached hydrogen (secondary N) is 2. The minimum absolute atomic E-state index is 0.135. The summed E-state index contributed by atoms with van der Waals surface area (Å²) in [5, 5.41) is 22.2. The first kappa shape index (κ1) is 17.0. The molecule has 0 saturated heterocycles. The number of hydrogen-bond donors (Lipinski definition) is 3. The smallest absolute Gasteiger partial charge is 0.140 e. The van der Waals surface area contributed by atoms with Crippen molar-refractivity contribution in [1.29, 1.82) is 5.41 Å². The molecule has 1 aliphatic carbocycles. The predicted octanol–water partition coefficient (Wildman–Crippen LogP) is 4.88. The number of phenols is 1. The SMILES string of the molecule is Cc1ccc(O)c(N/N=C2/C=C(SCc3ccccc3)C=CC2=N)c1. The van der Waals surface area contributed by atoms with Crippen LogP contribution in [0.15, 0.2) is 76.8 Å². The Hall–Kier alpha value is -2.79. The average Bonchev–Trinajstić information content (AvgIpc) is 2.63. The largest absolute Gasteiger partial charge is 0.506 e. The number of rotatable bonds is 5. The summed E-state index contributed by atoms with van der Waals surface area (Å²) in [4.78, 5) is 1.05. The number of hydrazone groups is 1. The van der Waals surface area contributed by atoms with Gasteiger partial charge in [-0.2, -0.15) is 5.10 Å². The second-order valence-electron chi connectivity index (χ2n) is 5.70. The van der Waals surface area contributed by atoms with Crippen LogP contribution in [0.1, 0.15) is 11.1 Å². The molecule has 3 N–H and O–H groups in total. The van der Waals surface area contributed by atoms with Gasteiger partial charge in [-0.25, -0.2) is 0 Å². The number of aryl methyl sites for hydroxylation is 1. The molecule has 0 spiro atoms. The fourth-order valence-corrected chi connectivity index (χ4v) is 3.18. The lowest BCUT2D eigenvalue weighted by molar-refractivity contribution is 0.477. The maximum atomic E-state index is 9.87. The number of phenolic OH excluding ortho intramolecular Hbond substituents is 1. The molecule has 4 nitrogen and oxygen atoms in total. The van der Waals surface area contributed by atoms with E-state index in [1.807, 2.05) is 49.4 Å². The summed E-state index contributed by atoms with van der Waals surface area (Å²) >= 11 is 1.70. The Kier molecular flexibility index (Phi) is 5.36. The summed E-state index contributed by atoms with van der Waals surface area (Å²) in [6, 6.07) is 15.5. The van der Waals surface area contributed by atoms with Gasteiger partial charge in [-0.15, -0.1) is 11.8 Å². The molecule has 0 fully saturated rings. The third-order valence-corrected chi connectivity index (χ3v) is 4.73. The Labute approximate surface area is 151 Å². The average molecular weight is 349 g/mol. The molecule has 0 heterocycles. The summed E-state index contributed by atoms with van der Waals surface area (Å²) in [5.41, 5.74) is 6.54. The van der Waals surface area contributed by atoms with E-state index in [0.29, 0.717) is 17.1 Å². The molecular formula is C20H19N3OS. The Balaban J connectivity index is 1.71. The van der Waals surface area contributed by atoms with Crippen molar-refractivity contribution in [2.75, 3.05) is 5.43 Å². The summed E-state index contributed by atoms with van der Waals surface area (Å²) < 4.78 is 0. The summed E-state index contributed by atoms with van der Waals surface area (Å²) in [7, 11) is 0. The second-order valence-corrected chi connectivity index (χ2v) is 6.75. The first-order valence-electron chi connectivity index (χ1n) is 7.90. The van der Waals surface area contributed by atoms with E-state index >= 15 is 0 Å². The molecule has 1 aliphatic rings. The molecule has 0 amide bonds. The van der Waals surface area contributed by atoms with E-state index in [9.17, 15) is 5.11 Å². The van der Waals surface area contributed by atoms with E-state index in [4.69, 9.17) is 5.41 Å². The van der Waals surface area contributed by atoms with Gasteiger partial charge < -0.3 is 5.11 Å². The van der Waals surface area contributed by atoms with Crippen LogP contribution in [0.2, 0.25) is 0 Å². The molecular weight excluding hydrogens is 330 g/mol. The highest BCUT2D eigenvalue weighted by Gasteiger charge is 2.10. The first-order chi connectivity index (χ1) is 12.1. The molecule has 2 aromatic carbocycles. The van der Waals surface area contributed by atoms with Crippen LogP contribution in [0.5, 0.6) is 5.75 Å². The zero-order valence-electron chi connectivity index (χ0n) is 13.9. The molecule has 126 valence electrons. The van der Waals surface area contributed by atoms with Crippen molar-refractivity contribution >= 4 is 28.9 Å². The fraction of sp³-hybridized carbons (Fsp3) is 0.100. The third kappa shape index (κ3) is 4.61. The first-order valence-corrected chi connectivity index (χ1v) is 8.89. The van der Waals surface area contributed by atoms with Crippen LogP contribution < -0.4 is 5.43 Å². The zero-order valence-corrected chi connectivity index (χ0v) is 14.7. The van der Waals surface area contributed by atoms with Crippen molar-refractivity contribution in [3.8, 4) is 5.75 Å². The molecule has 0 unspecified atom stereocenters. The Morgan fingerprint density at radius 1 is 1.12 bits per heavy atom. The van der Waals surface area contributed by atoms with Gasteiger partial charge in [0.15, 0.2) is 0 Å². The number of benzene rings is 2. The topological polar surface area (TPSA) is 68.5 Å². The quantitative estimate of drug-likeness (QED) is 0.409. The molecule has 2 aromatic rings. The van der Waals surface area contributed by atoms with Gasteiger partial charge in [0.05, 0.1) is 11.4 Å². The minimum atomic E-state index is 0.135. The van der Waals surface area contributed by atoms with Gasteiger partial charge in [0, 0.05) is 10.7 Å². The molecule has 25 heavy (non-hydrogen) atoms. The lowest BCUT2D eigenvalue weighted by atomic mass is 10.1. The summed E-state index contributed by atoms with van der Waals surface area (Å²) in [6.45, 7) is 1.95. The Morgan fingerprint density at radius 2 is 1.92 bits per heavy atom. The predicted molar refractivity (Wildman–Crippen MR) is 107 cm³/mol. The molecule has 0 atom stereocenters. The highest BCUT2D eigenvalue weighted by atomic mass is 32.2. The van der Waals surface area contributed by atoms with Crippen LogP contribution in [-0.2, 0) is 5.75 Å². The van der Waals surface area contributed by atoms with E-state index in [2.05, 4.69) is 22.7 Å². The molecule has 0 radical (unpaired) electrons. The van der Waals surface area contributed by atoms with Crippen molar-refractivity contribution in [2.45, 2.75) is 12.7 Å². The van der Waals surface area contributed by atoms with Crippen molar-refractivity contribution in [1.82, 2.24) is 0 Å². The number of thioether (sulfide) groups is 1. The lowest BCUT2D eigenvalue weighted by Crippen LogP contribution is -2.13. The molecule has 0 aromatic heterocycles. The monoisotopic (exact) mass is 349 g/mol. The number of anilines is 1. The van der Waals surface area contributed by atoms with Crippen LogP contribution >= 0.6 is 11.8 Å². The van der Waals surface area contributed by atoms with Gasteiger partial charge in [-0.3, -0.25) is 10.8 Å². The highest BCUT2D eigenvalue weighted by Crippen LogP contribution is 2.26. The van der Waals surface area contributed by atoms with E-state index in [-0.39, 0.29) is 5.75 Å². The molecule has 0 saturated carbocycles. The number of nitrogens with zero attached hydrogens (tertiary/aromatic N) is 1. The standard InChI is InChI=1S/C20H19N3OS/c1-14-7-10-20(24)19(11-14)23-22-18-12-16(8-9-17(18)21)25-13-15-5-3-2-4-6-15/h2-12,21,23-24H,13H2,1H3/b21-17?,22-18-. The molecule has 3 rings (SSSR count). The molecule has 0 aliphatic heterocycles. The van der Waals surface area contributed by atoms with Crippen LogP contribution in [0.4, 0.5) is 5.69 Å². The maximum absolute atomic E-state index is 9.87. The Bertz CT molecular complexity index is 870. The molecule has 5 heteroatoms. The maximum Gasteiger partial charge on any atom is 0.140 e.